The molecule has 1 saturated carbocycles. The van der Waals surface area contributed by atoms with Gasteiger partial charge >= 0.3 is 24.4 Å². The van der Waals surface area contributed by atoms with Gasteiger partial charge in [-0.15, -0.1) is 28.3 Å². The van der Waals surface area contributed by atoms with E-state index in [1.807, 2.05) is 57.2 Å². The lowest BCUT2D eigenvalue weighted by atomic mass is 10.0. The molecule has 0 radical (unpaired) electrons. The van der Waals surface area contributed by atoms with E-state index < -0.39 is 66.5 Å². The molecule has 0 bridgehead atoms. The van der Waals surface area contributed by atoms with E-state index in [1.54, 1.807) is 23.8 Å². The van der Waals surface area contributed by atoms with E-state index in [-0.39, 0.29) is 86.5 Å². The number of amides is 2. The fraction of sp³-hybridized carbons (Fsp3) is 0.411. The average molecular weight is 1320 g/mol. The van der Waals surface area contributed by atoms with Gasteiger partial charge in [0.1, 0.15) is 35.1 Å². The van der Waals surface area contributed by atoms with Crippen molar-refractivity contribution < 1.29 is 72.7 Å². The standard InChI is InChI=1S/C15H14Cl2F3N3O3.C15H22ClNO2.C15H12F3NO4S.C11H11Cl2NO2/c1-3-26-13(24)10(17)4-8-5-12(11(18)6-9(8)16)23-15(25)22(14(19)20)7(2)21-23;1-5-13-8-6-7-11(2)15(13)17(14(18)9-16)12(3)10-19-4;1-24(21,22)12-6-9(15(16,17)18)4-5-10(12)13(20)11-7-19-23-14(11)8-2-3-8;1-7-6-16-9-5-3-2-4-8(9)14(7)11(15)10(12)13/h5-6,10,14H,3-4H2,1-2H3;6-8,12H,5,9-10H2,1-4H3;4-8H,2-3H2,1H3;2-5,7,10H,6H2,1H3. The Morgan fingerprint density at radius 1 is 0.929 bits per heavy atom. The second-order valence-corrected chi connectivity index (χ2v) is 23.5. The van der Waals surface area contributed by atoms with Gasteiger partial charge in [-0.05, 0) is 113 Å². The van der Waals surface area contributed by atoms with Gasteiger partial charge in [0.15, 0.2) is 32.0 Å². The summed E-state index contributed by atoms with van der Waals surface area (Å²) in [6, 6.07) is 17.4. The summed E-state index contributed by atoms with van der Waals surface area (Å²) in [7, 11) is -2.40. The number of aromatic nitrogens is 4. The Morgan fingerprint density at radius 3 is 2.16 bits per heavy atom. The van der Waals surface area contributed by atoms with Crippen molar-refractivity contribution in [2.24, 2.45) is 0 Å². The highest BCUT2D eigenvalue weighted by atomic mass is 35.5. The molecular weight excluding hydrogens is 1260 g/mol. The Bertz CT molecular complexity index is 3530. The van der Waals surface area contributed by atoms with Gasteiger partial charge in [-0.1, -0.05) is 77.2 Å². The van der Waals surface area contributed by atoms with Crippen molar-refractivity contribution in [2.45, 2.75) is 113 Å². The quantitative estimate of drug-likeness (QED) is 0.0361. The number of halogens is 11. The number of fused-ring (bicyclic) bond motifs is 1. The topological polar surface area (TPSA) is 202 Å². The number of para-hydroxylation sites is 3. The monoisotopic (exact) mass is 1310 g/mol. The molecule has 1 fully saturated rings. The molecular formula is C56H59Cl5F6N6O11S. The molecule has 1 aliphatic heterocycles. The number of ether oxygens (including phenoxy) is 3. The molecule has 29 heteroatoms. The summed E-state index contributed by atoms with van der Waals surface area (Å²) in [5.74, 6) is -1.99. The number of rotatable bonds is 17. The Labute approximate surface area is 510 Å². The molecule has 4 aromatic carbocycles. The smallest absolute Gasteiger partial charge is 0.416 e. The van der Waals surface area contributed by atoms with E-state index >= 15 is 0 Å². The molecule has 85 heavy (non-hydrogen) atoms. The molecule has 1 aliphatic carbocycles. The first-order valence-corrected chi connectivity index (χ1v) is 30.0. The number of ketones is 1. The number of methoxy groups -OCH3 is 1. The molecule has 6 aromatic rings. The molecule has 0 saturated heterocycles. The highest BCUT2D eigenvalue weighted by Gasteiger charge is 2.37. The van der Waals surface area contributed by atoms with E-state index in [0.717, 1.165) is 66.2 Å². The number of alkyl halides is 9. The second-order valence-electron chi connectivity index (χ2n) is 19.2. The third kappa shape index (κ3) is 17.5. The zero-order chi connectivity index (χ0) is 63.4. The van der Waals surface area contributed by atoms with Crippen molar-refractivity contribution in [1.29, 1.82) is 0 Å². The molecule has 17 nitrogen and oxygen atoms in total. The molecule has 2 aromatic heterocycles. The van der Waals surface area contributed by atoms with E-state index in [1.165, 1.54) is 13.1 Å². The van der Waals surface area contributed by atoms with E-state index in [0.29, 0.717) is 41.5 Å². The number of sulfone groups is 1. The van der Waals surface area contributed by atoms with Crippen LogP contribution in [0.5, 0.6) is 5.75 Å². The van der Waals surface area contributed by atoms with Crippen LogP contribution in [0.15, 0.2) is 93.2 Å². The fourth-order valence-corrected chi connectivity index (χ4v) is 10.4. The Hall–Kier alpha value is -6.15. The number of aryl methyl sites for hydroxylation is 3. The minimum Gasteiger partial charge on any atom is -0.489 e. The third-order valence-corrected chi connectivity index (χ3v) is 15.3. The van der Waals surface area contributed by atoms with Crippen molar-refractivity contribution in [2.75, 3.05) is 48.9 Å². The number of esters is 1. The van der Waals surface area contributed by atoms with E-state index in [4.69, 9.17) is 76.7 Å². The summed E-state index contributed by atoms with van der Waals surface area (Å²) in [6.07, 6.45) is -0.382. The van der Waals surface area contributed by atoms with Gasteiger partial charge in [0.05, 0.1) is 58.9 Å². The maximum atomic E-state index is 14.2. The van der Waals surface area contributed by atoms with Gasteiger partial charge in [0.25, 0.3) is 5.91 Å². The largest absolute Gasteiger partial charge is 0.489 e. The minimum absolute atomic E-state index is 0.0223. The maximum absolute atomic E-state index is 14.2. The first kappa shape index (κ1) is 69.6. The van der Waals surface area contributed by atoms with Crippen LogP contribution in [-0.4, -0.2) is 113 Å². The summed E-state index contributed by atoms with van der Waals surface area (Å²) in [4.78, 5) is 62.1. The summed E-state index contributed by atoms with van der Waals surface area (Å²) < 4.78 is 123. The molecule has 2 amide bonds. The maximum Gasteiger partial charge on any atom is 0.416 e. The van der Waals surface area contributed by atoms with Gasteiger partial charge in [-0.3, -0.25) is 19.2 Å². The molecule has 0 N–H and O–H groups in total. The molecule has 462 valence electrons. The van der Waals surface area contributed by atoms with Crippen LogP contribution in [0, 0.1) is 19.7 Å². The number of nitrogens with zero attached hydrogens (tertiary/aromatic N) is 6. The highest BCUT2D eigenvalue weighted by Crippen LogP contribution is 2.43. The lowest BCUT2D eigenvalue weighted by Gasteiger charge is -2.35. The van der Waals surface area contributed by atoms with Crippen molar-refractivity contribution in [1.82, 2.24) is 19.5 Å². The number of carbonyl (C=O) groups is 4. The van der Waals surface area contributed by atoms with Crippen molar-refractivity contribution >= 4 is 103 Å². The van der Waals surface area contributed by atoms with Gasteiger partial charge in [0, 0.05) is 36.3 Å². The zero-order valence-electron chi connectivity index (χ0n) is 46.9. The van der Waals surface area contributed by atoms with Crippen LogP contribution in [0.1, 0.15) is 103 Å². The van der Waals surface area contributed by atoms with Gasteiger partial charge in [0.2, 0.25) is 5.91 Å². The summed E-state index contributed by atoms with van der Waals surface area (Å²) in [6.45, 7) is 8.71. The SMILES string of the molecule is CC1COc2ccccc2N1C(=O)C(Cl)Cl.CCOC(=O)C(Cl)Cc1cc(-n2nc(C)n(C(F)F)c2=O)c(F)cc1Cl.CCc1cccc(C)c1N(C(=O)CCl)C(C)COC.CS(=O)(=O)c1cc(C(F)(F)F)ccc1C(=O)c1cnoc1C1CC1. The molecule has 8 rings (SSSR count). The van der Waals surface area contributed by atoms with Gasteiger partial charge in [-0.25, -0.2) is 22.2 Å². The van der Waals surface area contributed by atoms with Gasteiger partial charge in [-0.2, -0.15) is 26.6 Å². The van der Waals surface area contributed by atoms with Crippen LogP contribution in [0.4, 0.5) is 37.7 Å². The van der Waals surface area contributed by atoms with Crippen LogP contribution in [0.25, 0.3) is 5.69 Å². The molecule has 0 spiro atoms. The highest BCUT2D eigenvalue weighted by molar-refractivity contribution is 7.90. The minimum atomic E-state index is -4.71. The van der Waals surface area contributed by atoms with Crippen LogP contribution in [0.3, 0.4) is 0 Å². The van der Waals surface area contributed by atoms with Crippen LogP contribution in [0.2, 0.25) is 5.02 Å². The lowest BCUT2D eigenvalue weighted by molar-refractivity contribution is -0.142. The summed E-state index contributed by atoms with van der Waals surface area (Å²) in [5, 5.41) is 6.07. The number of hydrogen-bond donors (Lipinski definition) is 0. The van der Waals surface area contributed by atoms with Crippen LogP contribution < -0.4 is 20.2 Å². The van der Waals surface area contributed by atoms with Crippen molar-refractivity contribution in [3.8, 4) is 11.4 Å². The number of carbonyl (C=O) groups excluding carboxylic acids is 4. The molecule has 2 aliphatic rings. The van der Waals surface area contributed by atoms with Gasteiger partial charge < -0.3 is 28.5 Å². The van der Waals surface area contributed by atoms with E-state index in [2.05, 4.69) is 23.2 Å². The molecule has 3 heterocycles. The first-order chi connectivity index (χ1) is 39.9. The van der Waals surface area contributed by atoms with Crippen molar-refractivity contribution in [3.63, 3.8) is 0 Å². The summed E-state index contributed by atoms with van der Waals surface area (Å²) >= 11 is 28.9. The first-order valence-electron chi connectivity index (χ1n) is 25.9. The number of hydrogen-bond acceptors (Lipinski definition) is 13. The average Bonchev–Trinajstić information content (AvgIpc) is 2.64. The Balaban J connectivity index is 0.000000210. The molecule has 3 atom stereocenters. The predicted molar refractivity (Wildman–Crippen MR) is 310 cm³/mol. The Kier molecular flexibility index (Phi) is 25.0. The number of benzene rings is 4. The Morgan fingerprint density at radius 2 is 1.60 bits per heavy atom. The predicted octanol–water partition coefficient (Wildman–Crippen LogP) is 12.2. The number of anilines is 2. The fourth-order valence-electron chi connectivity index (χ4n) is 8.73. The third-order valence-electron chi connectivity index (χ3n) is 12.8. The zero-order valence-corrected chi connectivity index (χ0v) is 51.5. The lowest BCUT2D eigenvalue weighted by Crippen LogP contribution is -2.47. The molecule has 3 unspecified atom stereocenters. The normalized spacial score (nSPS) is 14.6. The van der Waals surface area contributed by atoms with E-state index in [9.17, 15) is 58.7 Å². The van der Waals surface area contributed by atoms with Crippen molar-refractivity contribution in [3.05, 3.63) is 145 Å². The summed E-state index contributed by atoms with van der Waals surface area (Å²) in [5.41, 5.74) is 1.19. The second kappa shape index (κ2) is 30.5. The van der Waals surface area contributed by atoms with Crippen LogP contribution >= 0.6 is 58.0 Å². The van der Waals surface area contributed by atoms with Crippen LogP contribution in [-0.2, 0) is 52.7 Å².